The quantitative estimate of drug-likeness (QED) is 0.163. The number of hydrogen-bond donors (Lipinski definition) is 2. The second kappa shape index (κ2) is 14.1. The number of aliphatic hydroxyl groups is 1. The van der Waals surface area contributed by atoms with E-state index in [-0.39, 0.29) is 12.5 Å². The van der Waals surface area contributed by atoms with Crippen molar-refractivity contribution in [3.05, 3.63) is 158 Å². The molecule has 6 atom stereocenters. The summed E-state index contributed by atoms with van der Waals surface area (Å²) in [6, 6.07) is 33.1. The lowest BCUT2D eigenvalue weighted by Gasteiger charge is -2.46. The van der Waals surface area contributed by atoms with Gasteiger partial charge < -0.3 is 28.8 Å². The number of rotatable bonds is 11. The fourth-order valence-corrected chi connectivity index (χ4v) is 7.86. The molecule has 7 rings (SSSR count). The molecule has 2 fully saturated rings. The van der Waals surface area contributed by atoms with Gasteiger partial charge in [0.25, 0.3) is 5.56 Å². The van der Waals surface area contributed by atoms with Crippen LogP contribution in [0.3, 0.4) is 0 Å². The number of benzene rings is 4. The third-order valence-electron chi connectivity index (χ3n) is 10.7. The fourth-order valence-electron chi connectivity index (χ4n) is 7.86. The minimum absolute atomic E-state index is 0.131. The molecule has 0 spiro atoms. The molecule has 270 valence electrons. The van der Waals surface area contributed by atoms with Gasteiger partial charge in [-0.1, -0.05) is 79.2 Å². The van der Waals surface area contributed by atoms with Gasteiger partial charge in [0.05, 0.1) is 26.9 Å². The molecular weight excluding hydrogens is 660 g/mol. The van der Waals surface area contributed by atoms with E-state index in [1.165, 1.54) is 10.8 Å². The van der Waals surface area contributed by atoms with Gasteiger partial charge in [0.15, 0.2) is 5.60 Å². The van der Waals surface area contributed by atoms with E-state index in [0.717, 1.165) is 22.3 Å². The Kier molecular flexibility index (Phi) is 9.56. The highest BCUT2D eigenvalue weighted by atomic mass is 16.6. The Morgan fingerprint density at radius 1 is 0.827 bits per heavy atom. The van der Waals surface area contributed by atoms with Gasteiger partial charge in [0.2, 0.25) is 0 Å². The molecule has 4 aromatic carbocycles. The van der Waals surface area contributed by atoms with Crippen LogP contribution in [0.15, 0.2) is 119 Å². The summed E-state index contributed by atoms with van der Waals surface area (Å²) in [7, 11) is 3.25. The number of hydrogen-bond acceptors (Lipinski definition) is 8. The molecule has 1 aromatic heterocycles. The topological polar surface area (TPSA) is 121 Å². The minimum atomic E-state index is -1.45. The van der Waals surface area contributed by atoms with Gasteiger partial charge in [-0.05, 0) is 79.3 Å². The number of methoxy groups -OCH3 is 2. The molecule has 2 N–H and O–H groups in total. The molecule has 2 heterocycles. The third-order valence-corrected chi connectivity index (χ3v) is 10.7. The molecule has 0 unspecified atom stereocenters. The maximum atomic E-state index is 13.3. The number of H-pyrrole nitrogens is 1. The van der Waals surface area contributed by atoms with Crippen molar-refractivity contribution in [2.75, 3.05) is 20.8 Å². The molecule has 10 nitrogen and oxygen atoms in total. The number of nitrogens with zero attached hydrogens (tertiary/aromatic N) is 1. The van der Waals surface area contributed by atoms with Crippen LogP contribution in [-0.4, -0.2) is 53.3 Å². The zero-order valence-electron chi connectivity index (χ0n) is 29.9. The molecule has 0 radical (unpaired) electrons. The first kappa shape index (κ1) is 35.3. The highest BCUT2D eigenvalue weighted by Gasteiger charge is 2.66. The van der Waals surface area contributed by atoms with Crippen LogP contribution in [0.4, 0.5) is 0 Å². The van der Waals surface area contributed by atoms with Gasteiger partial charge in [0.1, 0.15) is 35.2 Å². The lowest BCUT2D eigenvalue weighted by molar-refractivity contribution is -0.204. The third kappa shape index (κ3) is 6.10. The number of nitrogens with one attached hydrogen (secondary N) is 1. The molecule has 0 amide bonds. The Labute approximate surface area is 302 Å². The summed E-state index contributed by atoms with van der Waals surface area (Å²) < 4.78 is 33.5. The summed E-state index contributed by atoms with van der Waals surface area (Å²) in [4.78, 5) is 28.1. The van der Waals surface area contributed by atoms with Gasteiger partial charge in [-0.25, -0.2) is 4.79 Å². The van der Waals surface area contributed by atoms with Crippen molar-refractivity contribution in [1.29, 1.82) is 0 Å². The van der Waals surface area contributed by atoms with Crippen LogP contribution < -0.4 is 25.5 Å². The first-order chi connectivity index (χ1) is 25.1. The summed E-state index contributed by atoms with van der Waals surface area (Å²) in [6.45, 7) is 5.54. The summed E-state index contributed by atoms with van der Waals surface area (Å²) in [5, 5.41) is 12.5. The van der Waals surface area contributed by atoms with Crippen LogP contribution in [0.2, 0.25) is 0 Å². The van der Waals surface area contributed by atoms with Gasteiger partial charge in [-0.2, -0.15) is 0 Å². The molecular formula is C42H44N2O8. The highest BCUT2D eigenvalue weighted by Crippen LogP contribution is 2.55. The lowest BCUT2D eigenvalue weighted by atomic mass is 9.70. The Balaban J connectivity index is 1.40. The largest absolute Gasteiger partial charge is 0.497 e. The molecule has 2 bridgehead atoms. The molecule has 1 saturated heterocycles. The summed E-state index contributed by atoms with van der Waals surface area (Å²) >= 11 is 0. The van der Waals surface area contributed by atoms with Crippen molar-refractivity contribution in [2.45, 2.75) is 56.8 Å². The van der Waals surface area contributed by atoms with E-state index in [4.69, 9.17) is 23.7 Å². The number of ether oxygens (including phenoxy) is 5. The standard InChI is InChI=1S/C42H44N2O8/c1-26-11-17-34(18-12-26)51-35-23-27(2)36-37(45)41(35,52-39(36)44-24-28(3)38(46)43-40(44)47)25-50-42(29-9-7-6-8-10-29,30-13-19-32(48-4)20-14-30)31-15-21-33(49-5)22-16-31/h6-22,24,27,35-37,39,45H,23,25H2,1-5H3,(H,43,46,47)/t27-,35-,36-,37+,39-,41+/m1/s1. The molecule has 1 saturated carbocycles. The first-order valence-electron chi connectivity index (χ1n) is 17.5. The van der Waals surface area contributed by atoms with E-state index in [1.54, 1.807) is 21.1 Å². The number of aryl methyl sites for hydroxylation is 2. The summed E-state index contributed by atoms with van der Waals surface area (Å²) in [5.41, 5.74) is 0.156. The zero-order chi connectivity index (χ0) is 36.6. The normalized spacial score (nSPS) is 24.0. The maximum Gasteiger partial charge on any atom is 0.330 e. The zero-order valence-corrected chi connectivity index (χ0v) is 29.9. The van der Waals surface area contributed by atoms with Gasteiger partial charge in [-0.3, -0.25) is 14.3 Å². The lowest BCUT2D eigenvalue weighted by Crippen LogP contribution is -2.61. The molecule has 1 aliphatic carbocycles. The van der Waals surface area contributed by atoms with Gasteiger partial charge in [0, 0.05) is 17.7 Å². The molecule has 52 heavy (non-hydrogen) atoms. The Bertz CT molecular complexity index is 2060. The number of aromatic amines is 1. The molecule has 1 aliphatic heterocycles. The Morgan fingerprint density at radius 2 is 1.38 bits per heavy atom. The Hall–Kier alpha value is -5.16. The van der Waals surface area contributed by atoms with Crippen molar-refractivity contribution in [2.24, 2.45) is 11.8 Å². The number of aromatic nitrogens is 2. The van der Waals surface area contributed by atoms with E-state index < -0.39 is 46.8 Å². The smallest absolute Gasteiger partial charge is 0.330 e. The second-order valence-electron chi connectivity index (χ2n) is 13.9. The first-order valence-corrected chi connectivity index (χ1v) is 17.5. The average molecular weight is 705 g/mol. The number of aliphatic hydroxyl groups excluding tert-OH is 1. The monoisotopic (exact) mass is 704 g/mol. The van der Waals surface area contributed by atoms with Gasteiger partial charge in [-0.15, -0.1) is 0 Å². The van der Waals surface area contributed by atoms with E-state index in [9.17, 15) is 14.7 Å². The van der Waals surface area contributed by atoms with Crippen molar-refractivity contribution in [3.8, 4) is 17.2 Å². The van der Waals surface area contributed by atoms with E-state index in [2.05, 4.69) is 4.98 Å². The number of fused-ring (bicyclic) bond motifs is 2. The van der Waals surface area contributed by atoms with E-state index in [1.807, 2.05) is 117 Å². The molecule has 2 aliphatic rings. The summed E-state index contributed by atoms with van der Waals surface area (Å²) in [5.74, 6) is 1.35. The fraction of sp³-hybridized carbons (Fsp3) is 0.333. The van der Waals surface area contributed by atoms with E-state index in [0.29, 0.717) is 29.2 Å². The van der Waals surface area contributed by atoms with Crippen LogP contribution >= 0.6 is 0 Å². The van der Waals surface area contributed by atoms with E-state index >= 15 is 0 Å². The molecule has 10 heteroatoms. The summed E-state index contributed by atoms with van der Waals surface area (Å²) in [6.07, 6.45) is -0.691. The minimum Gasteiger partial charge on any atom is -0.497 e. The van der Waals surface area contributed by atoms with Crippen LogP contribution in [-0.2, 0) is 15.1 Å². The SMILES string of the molecule is COc1ccc(C(OC[C@]23O[C@@H](n4cc(C)c(=O)[nH]c4=O)[C@H]([C@H](C)C[C@H]2Oc2ccc(C)cc2)[C@@H]3O)(c2ccccc2)c2ccc(OC)cc2)cc1. The Morgan fingerprint density at radius 3 is 1.96 bits per heavy atom. The predicted octanol–water partition coefficient (Wildman–Crippen LogP) is 5.91. The van der Waals surface area contributed by atoms with Crippen LogP contribution in [0.1, 0.15) is 47.4 Å². The second-order valence-corrected chi connectivity index (χ2v) is 13.9. The van der Waals surface area contributed by atoms with Crippen LogP contribution in [0, 0.1) is 25.7 Å². The van der Waals surface area contributed by atoms with Crippen molar-refractivity contribution in [3.63, 3.8) is 0 Å². The van der Waals surface area contributed by atoms with Crippen LogP contribution in [0.5, 0.6) is 17.2 Å². The van der Waals surface area contributed by atoms with Crippen molar-refractivity contribution < 1.29 is 28.8 Å². The van der Waals surface area contributed by atoms with Crippen LogP contribution in [0.25, 0.3) is 0 Å². The maximum absolute atomic E-state index is 13.3. The van der Waals surface area contributed by atoms with Crippen molar-refractivity contribution >= 4 is 0 Å². The molecule has 5 aromatic rings. The highest BCUT2D eigenvalue weighted by molar-refractivity contribution is 5.50. The van der Waals surface area contributed by atoms with Crippen molar-refractivity contribution in [1.82, 2.24) is 9.55 Å². The predicted molar refractivity (Wildman–Crippen MR) is 196 cm³/mol. The van der Waals surface area contributed by atoms with Gasteiger partial charge >= 0.3 is 5.69 Å². The average Bonchev–Trinajstić information content (AvgIpc) is 3.40.